The summed E-state index contributed by atoms with van der Waals surface area (Å²) < 4.78 is 6.02. The van der Waals surface area contributed by atoms with Crippen LogP contribution in [0.4, 0.5) is 0 Å². The number of benzene rings is 1. The molecule has 1 heterocycles. The molecule has 0 unspecified atom stereocenters. The molecule has 1 aromatic rings. The molecule has 4 nitrogen and oxygen atoms in total. The Morgan fingerprint density at radius 3 is 2.46 bits per heavy atom. The first-order chi connectivity index (χ1) is 13.5. The van der Waals surface area contributed by atoms with E-state index in [0.717, 1.165) is 37.9 Å². The maximum absolute atomic E-state index is 12.8. The van der Waals surface area contributed by atoms with Crippen molar-refractivity contribution in [2.24, 2.45) is 23.7 Å². The van der Waals surface area contributed by atoms with Crippen molar-refractivity contribution < 1.29 is 9.53 Å². The van der Waals surface area contributed by atoms with Crippen LogP contribution in [0.1, 0.15) is 64.0 Å². The highest BCUT2D eigenvalue weighted by Crippen LogP contribution is 2.38. The zero-order valence-corrected chi connectivity index (χ0v) is 17.9. The molecule has 0 aromatic heterocycles. The predicted molar refractivity (Wildman–Crippen MR) is 114 cm³/mol. The molecular weight excluding hydrogens is 348 g/mol. The Kier molecular flexibility index (Phi) is 7.92. The summed E-state index contributed by atoms with van der Waals surface area (Å²) in [5, 5.41) is 6.56. The van der Waals surface area contributed by atoms with Crippen LogP contribution in [0.2, 0.25) is 0 Å². The molecule has 3 rings (SSSR count). The summed E-state index contributed by atoms with van der Waals surface area (Å²) in [5.74, 6) is 2.16. The lowest BCUT2D eigenvalue weighted by Gasteiger charge is -2.36. The number of nitrogens with one attached hydrogen (secondary N) is 2. The summed E-state index contributed by atoms with van der Waals surface area (Å²) >= 11 is 0. The molecular formula is C24H38N2O2. The van der Waals surface area contributed by atoms with E-state index in [1.54, 1.807) is 0 Å². The third kappa shape index (κ3) is 6.05. The summed E-state index contributed by atoms with van der Waals surface area (Å²) in [7, 11) is 0. The number of carbonyl (C=O) groups excluding carboxylic acids is 1. The van der Waals surface area contributed by atoms with Crippen molar-refractivity contribution in [1.82, 2.24) is 10.6 Å². The van der Waals surface area contributed by atoms with E-state index in [1.165, 1.54) is 18.4 Å². The molecule has 3 atom stereocenters. The molecule has 2 fully saturated rings. The van der Waals surface area contributed by atoms with Gasteiger partial charge in [0.1, 0.15) is 0 Å². The van der Waals surface area contributed by atoms with E-state index in [4.69, 9.17) is 4.74 Å². The Balaban J connectivity index is 1.46. The van der Waals surface area contributed by atoms with Gasteiger partial charge in [0.05, 0.1) is 12.7 Å². The highest BCUT2D eigenvalue weighted by molar-refractivity contribution is 5.79. The number of rotatable bonds is 7. The van der Waals surface area contributed by atoms with Gasteiger partial charge in [-0.15, -0.1) is 0 Å². The van der Waals surface area contributed by atoms with E-state index in [2.05, 4.69) is 55.7 Å². The van der Waals surface area contributed by atoms with Gasteiger partial charge in [-0.05, 0) is 67.7 Å². The van der Waals surface area contributed by atoms with E-state index in [-0.39, 0.29) is 11.8 Å². The summed E-state index contributed by atoms with van der Waals surface area (Å²) in [6.07, 6.45) is 6.05. The smallest absolute Gasteiger partial charge is 0.223 e. The second-order valence-corrected chi connectivity index (χ2v) is 9.23. The van der Waals surface area contributed by atoms with Crippen LogP contribution in [0.5, 0.6) is 0 Å². The molecule has 4 heteroatoms. The minimum Gasteiger partial charge on any atom is -0.373 e. The molecule has 1 saturated carbocycles. The molecule has 1 aliphatic heterocycles. The zero-order chi connectivity index (χ0) is 19.9. The van der Waals surface area contributed by atoms with Crippen molar-refractivity contribution in [3.8, 4) is 0 Å². The van der Waals surface area contributed by atoms with Gasteiger partial charge >= 0.3 is 0 Å². The maximum Gasteiger partial charge on any atom is 0.223 e. The molecule has 0 radical (unpaired) electrons. The molecule has 2 aliphatic rings. The molecule has 156 valence electrons. The van der Waals surface area contributed by atoms with Crippen molar-refractivity contribution in [3.63, 3.8) is 0 Å². The van der Waals surface area contributed by atoms with Crippen LogP contribution in [0, 0.1) is 23.7 Å². The molecule has 0 bridgehead atoms. The van der Waals surface area contributed by atoms with Crippen molar-refractivity contribution in [2.45, 2.75) is 72.1 Å². The molecule has 2 N–H and O–H groups in total. The lowest BCUT2D eigenvalue weighted by atomic mass is 9.70. The minimum absolute atomic E-state index is 0.168. The fourth-order valence-electron chi connectivity index (χ4n) is 4.75. The van der Waals surface area contributed by atoms with E-state index >= 15 is 0 Å². The van der Waals surface area contributed by atoms with E-state index < -0.39 is 0 Å². The van der Waals surface area contributed by atoms with E-state index in [1.807, 2.05) is 0 Å². The highest BCUT2D eigenvalue weighted by Gasteiger charge is 2.35. The lowest BCUT2D eigenvalue weighted by Crippen LogP contribution is -2.39. The van der Waals surface area contributed by atoms with Crippen LogP contribution in [-0.2, 0) is 22.7 Å². The molecule has 1 aromatic carbocycles. The summed E-state index contributed by atoms with van der Waals surface area (Å²) in [6.45, 7) is 10.2. The first-order valence-electron chi connectivity index (χ1n) is 11.2. The predicted octanol–water partition coefficient (Wildman–Crippen LogP) is 4.28. The molecule has 1 saturated heterocycles. The Labute approximate surface area is 170 Å². The van der Waals surface area contributed by atoms with E-state index in [9.17, 15) is 4.79 Å². The minimum atomic E-state index is 0.168. The fourth-order valence-corrected chi connectivity index (χ4v) is 4.75. The van der Waals surface area contributed by atoms with Gasteiger partial charge in [-0.25, -0.2) is 0 Å². The Bertz CT molecular complexity index is 608. The molecule has 1 amide bonds. The number of hydrogen-bond acceptors (Lipinski definition) is 3. The summed E-state index contributed by atoms with van der Waals surface area (Å²) in [4.78, 5) is 12.8. The quantitative estimate of drug-likeness (QED) is 0.735. The standard InChI is InChI=1S/C24H38N2O2/c1-17(2)22-9-4-18(3)14-23(22)24(27)26-15-19-5-7-20(8-6-19)16-28-21-10-12-25-13-11-21/h5-8,17-18,21-23,25H,4,9-16H2,1-3H3,(H,26,27)/t18-,22+,23-/m1/s1. The SMILES string of the molecule is CC(C)[C@@H]1CC[C@@H](C)C[C@H]1C(=O)NCc1ccc(COC2CCNCC2)cc1. The number of ether oxygens (including phenoxy) is 1. The van der Waals surface area contributed by atoms with Crippen molar-refractivity contribution >= 4 is 5.91 Å². The number of hydrogen-bond donors (Lipinski definition) is 2. The van der Waals surface area contributed by atoms with Crippen LogP contribution in [0.15, 0.2) is 24.3 Å². The Morgan fingerprint density at radius 2 is 1.79 bits per heavy atom. The van der Waals surface area contributed by atoms with Crippen LogP contribution in [-0.4, -0.2) is 25.1 Å². The second-order valence-electron chi connectivity index (χ2n) is 9.23. The van der Waals surface area contributed by atoms with Gasteiger partial charge in [0.15, 0.2) is 0 Å². The summed E-state index contributed by atoms with van der Waals surface area (Å²) in [6, 6.07) is 8.49. The van der Waals surface area contributed by atoms with Gasteiger partial charge in [-0.3, -0.25) is 4.79 Å². The lowest BCUT2D eigenvalue weighted by molar-refractivity contribution is -0.129. The van der Waals surface area contributed by atoms with Crippen LogP contribution < -0.4 is 10.6 Å². The van der Waals surface area contributed by atoms with Gasteiger partial charge in [0.2, 0.25) is 5.91 Å². The first-order valence-corrected chi connectivity index (χ1v) is 11.2. The Morgan fingerprint density at radius 1 is 1.11 bits per heavy atom. The zero-order valence-electron chi connectivity index (χ0n) is 17.9. The first kappa shape index (κ1) is 21.3. The maximum atomic E-state index is 12.8. The monoisotopic (exact) mass is 386 g/mol. The largest absolute Gasteiger partial charge is 0.373 e. The normalized spacial score (nSPS) is 26.4. The molecule has 28 heavy (non-hydrogen) atoms. The van der Waals surface area contributed by atoms with Crippen LogP contribution in [0.25, 0.3) is 0 Å². The number of amides is 1. The van der Waals surface area contributed by atoms with Crippen LogP contribution in [0.3, 0.4) is 0 Å². The van der Waals surface area contributed by atoms with Crippen molar-refractivity contribution in [1.29, 1.82) is 0 Å². The van der Waals surface area contributed by atoms with Crippen molar-refractivity contribution in [2.75, 3.05) is 13.1 Å². The van der Waals surface area contributed by atoms with Crippen molar-refractivity contribution in [3.05, 3.63) is 35.4 Å². The third-order valence-corrected chi connectivity index (χ3v) is 6.62. The second kappa shape index (κ2) is 10.4. The highest BCUT2D eigenvalue weighted by atomic mass is 16.5. The molecule has 0 spiro atoms. The van der Waals surface area contributed by atoms with Gasteiger partial charge < -0.3 is 15.4 Å². The topological polar surface area (TPSA) is 50.4 Å². The summed E-state index contributed by atoms with van der Waals surface area (Å²) in [5.41, 5.74) is 2.36. The van der Waals surface area contributed by atoms with Gasteiger partial charge in [-0.2, -0.15) is 0 Å². The molecule has 1 aliphatic carbocycles. The third-order valence-electron chi connectivity index (χ3n) is 6.62. The Hall–Kier alpha value is -1.39. The van der Waals surface area contributed by atoms with Gasteiger partial charge in [0, 0.05) is 12.5 Å². The average molecular weight is 387 g/mol. The average Bonchev–Trinajstić information content (AvgIpc) is 2.71. The number of carbonyl (C=O) groups is 1. The van der Waals surface area contributed by atoms with E-state index in [0.29, 0.717) is 37.0 Å². The van der Waals surface area contributed by atoms with Gasteiger partial charge in [0.25, 0.3) is 0 Å². The van der Waals surface area contributed by atoms with Gasteiger partial charge in [-0.1, -0.05) is 51.5 Å². The number of piperidine rings is 1. The fraction of sp³-hybridized carbons (Fsp3) is 0.708. The van der Waals surface area contributed by atoms with Crippen LogP contribution >= 0.6 is 0 Å².